The Morgan fingerprint density at radius 3 is 2.44 bits per heavy atom. The van der Waals surface area contributed by atoms with Crippen LogP contribution in [0.2, 0.25) is 5.02 Å². The monoisotopic (exact) mass is 371 g/mol. The highest BCUT2D eigenvalue weighted by molar-refractivity contribution is 6.33. The Kier molecular flexibility index (Phi) is 6.31. The zero-order valence-electron chi connectivity index (χ0n) is 13.5. The molecule has 0 spiro atoms. The first-order valence-electron chi connectivity index (χ1n) is 7.68. The van der Waals surface area contributed by atoms with Crippen LogP contribution in [0.25, 0.3) is 0 Å². The predicted molar refractivity (Wildman–Crippen MR) is 91.0 cm³/mol. The zero-order chi connectivity index (χ0) is 18.4. The molecular weight excluding hydrogens is 355 g/mol. The summed E-state index contributed by atoms with van der Waals surface area (Å²) in [6.07, 6.45) is -3.91. The standard InChI is InChI=1S/C18H17ClF3NO2/c1-2-25-14-7-3-12(4-8-14)5-10-17(24)23-16-11-13(18(20,21)22)6-9-15(16)19/h3-4,6-9,11H,2,5,10H2,1H3,(H,23,24). The number of nitrogens with one attached hydrogen (secondary N) is 1. The summed E-state index contributed by atoms with van der Waals surface area (Å²) in [5.41, 5.74) is 0.0145. The molecule has 0 aliphatic carbocycles. The Morgan fingerprint density at radius 2 is 1.84 bits per heavy atom. The van der Waals surface area contributed by atoms with E-state index < -0.39 is 17.6 Å². The van der Waals surface area contributed by atoms with Gasteiger partial charge in [-0.05, 0) is 49.2 Å². The van der Waals surface area contributed by atoms with Gasteiger partial charge in [0.05, 0.1) is 22.9 Å². The van der Waals surface area contributed by atoms with Gasteiger partial charge in [0, 0.05) is 6.42 Å². The van der Waals surface area contributed by atoms with Crippen molar-refractivity contribution in [3.63, 3.8) is 0 Å². The van der Waals surface area contributed by atoms with Crippen molar-refractivity contribution in [3.05, 3.63) is 58.6 Å². The van der Waals surface area contributed by atoms with Gasteiger partial charge >= 0.3 is 6.18 Å². The quantitative estimate of drug-likeness (QED) is 0.745. The Balaban J connectivity index is 1.96. The lowest BCUT2D eigenvalue weighted by Gasteiger charge is -2.11. The molecule has 2 rings (SSSR count). The number of ether oxygens (including phenoxy) is 1. The molecule has 2 aromatic rings. The van der Waals surface area contributed by atoms with Crippen molar-refractivity contribution in [2.24, 2.45) is 0 Å². The molecule has 0 radical (unpaired) electrons. The summed E-state index contributed by atoms with van der Waals surface area (Å²) in [5, 5.41) is 2.49. The van der Waals surface area contributed by atoms with Gasteiger partial charge in [0.15, 0.2) is 0 Å². The van der Waals surface area contributed by atoms with E-state index in [0.717, 1.165) is 29.5 Å². The van der Waals surface area contributed by atoms with E-state index in [2.05, 4.69) is 5.32 Å². The van der Waals surface area contributed by atoms with Gasteiger partial charge in [-0.3, -0.25) is 4.79 Å². The molecule has 0 aliphatic rings. The maximum atomic E-state index is 12.7. The smallest absolute Gasteiger partial charge is 0.416 e. The third kappa shape index (κ3) is 5.67. The molecule has 0 aliphatic heterocycles. The van der Waals surface area contributed by atoms with E-state index in [4.69, 9.17) is 16.3 Å². The summed E-state index contributed by atoms with van der Waals surface area (Å²) in [7, 11) is 0. The number of benzene rings is 2. The maximum Gasteiger partial charge on any atom is 0.416 e. The highest BCUT2D eigenvalue weighted by Gasteiger charge is 2.31. The molecule has 0 atom stereocenters. The molecule has 1 amide bonds. The van der Waals surface area contributed by atoms with Crippen LogP contribution in [-0.2, 0) is 17.4 Å². The molecule has 2 aromatic carbocycles. The van der Waals surface area contributed by atoms with E-state index in [1.807, 2.05) is 19.1 Å². The number of anilines is 1. The molecular formula is C18H17ClF3NO2. The number of amides is 1. The van der Waals surface area contributed by atoms with Gasteiger partial charge in [-0.15, -0.1) is 0 Å². The molecule has 3 nitrogen and oxygen atoms in total. The van der Waals surface area contributed by atoms with E-state index in [9.17, 15) is 18.0 Å². The number of carbonyl (C=O) groups excluding carboxylic acids is 1. The Bertz CT molecular complexity index is 730. The first-order valence-corrected chi connectivity index (χ1v) is 8.05. The van der Waals surface area contributed by atoms with Crippen LogP contribution in [0.4, 0.5) is 18.9 Å². The van der Waals surface area contributed by atoms with Gasteiger partial charge in [-0.25, -0.2) is 0 Å². The second-order valence-electron chi connectivity index (χ2n) is 5.32. The zero-order valence-corrected chi connectivity index (χ0v) is 14.2. The number of hydrogen-bond acceptors (Lipinski definition) is 2. The van der Waals surface area contributed by atoms with Crippen molar-refractivity contribution >= 4 is 23.2 Å². The Morgan fingerprint density at radius 1 is 1.16 bits per heavy atom. The number of aryl methyl sites for hydroxylation is 1. The molecule has 0 aromatic heterocycles. The Hall–Kier alpha value is -2.21. The second kappa shape index (κ2) is 8.25. The van der Waals surface area contributed by atoms with Crippen molar-refractivity contribution < 1.29 is 22.7 Å². The molecule has 0 saturated heterocycles. The third-order valence-corrected chi connectivity index (χ3v) is 3.77. The van der Waals surface area contributed by atoms with Gasteiger partial charge < -0.3 is 10.1 Å². The largest absolute Gasteiger partial charge is 0.494 e. The molecule has 0 heterocycles. The molecule has 0 fully saturated rings. The number of rotatable bonds is 6. The molecule has 0 unspecified atom stereocenters. The molecule has 134 valence electrons. The van der Waals surface area contributed by atoms with Gasteiger partial charge in [0.25, 0.3) is 0 Å². The van der Waals surface area contributed by atoms with Crippen LogP contribution < -0.4 is 10.1 Å². The van der Waals surface area contributed by atoms with Crippen molar-refractivity contribution in [2.75, 3.05) is 11.9 Å². The van der Waals surface area contributed by atoms with E-state index in [1.165, 1.54) is 0 Å². The summed E-state index contributed by atoms with van der Waals surface area (Å²) in [6, 6.07) is 10.1. The first kappa shape index (κ1) is 19.1. The van der Waals surface area contributed by atoms with E-state index >= 15 is 0 Å². The van der Waals surface area contributed by atoms with Crippen LogP contribution in [0.15, 0.2) is 42.5 Å². The minimum absolute atomic E-state index is 0.0480. The lowest BCUT2D eigenvalue weighted by molar-refractivity contribution is -0.137. The molecule has 25 heavy (non-hydrogen) atoms. The first-order chi connectivity index (χ1) is 11.8. The van der Waals surface area contributed by atoms with Crippen LogP contribution in [0, 0.1) is 0 Å². The Labute approximate surface area is 148 Å². The van der Waals surface area contributed by atoms with Gasteiger partial charge in [-0.1, -0.05) is 23.7 Å². The van der Waals surface area contributed by atoms with E-state index in [-0.39, 0.29) is 17.1 Å². The number of carbonyl (C=O) groups is 1. The highest BCUT2D eigenvalue weighted by atomic mass is 35.5. The summed E-state index contributed by atoms with van der Waals surface area (Å²) >= 11 is 5.86. The van der Waals surface area contributed by atoms with Crippen LogP contribution in [-0.4, -0.2) is 12.5 Å². The molecule has 0 saturated carbocycles. The number of hydrogen-bond donors (Lipinski definition) is 1. The van der Waals surface area contributed by atoms with Crippen molar-refractivity contribution in [3.8, 4) is 5.75 Å². The van der Waals surface area contributed by atoms with Crippen LogP contribution in [0.1, 0.15) is 24.5 Å². The second-order valence-corrected chi connectivity index (χ2v) is 5.72. The average Bonchev–Trinajstić information content (AvgIpc) is 2.55. The summed E-state index contributed by atoms with van der Waals surface area (Å²) < 4.78 is 43.5. The van der Waals surface area contributed by atoms with E-state index in [0.29, 0.717) is 13.0 Å². The molecule has 0 bridgehead atoms. The fraction of sp³-hybridized carbons (Fsp3) is 0.278. The lowest BCUT2D eigenvalue weighted by Crippen LogP contribution is -2.14. The van der Waals surface area contributed by atoms with Gasteiger partial charge in [0.1, 0.15) is 5.75 Å². The summed E-state index contributed by atoms with van der Waals surface area (Å²) in [4.78, 5) is 12.0. The summed E-state index contributed by atoms with van der Waals surface area (Å²) in [6.45, 7) is 2.46. The SMILES string of the molecule is CCOc1ccc(CCC(=O)Nc2cc(C(F)(F)F)ccc2Cl)cc1. The fourth-order valence-corrected chi connectivity index (χ4v) is 2.35. The third-order valence-electron chi connectivity index (χ3n) is 3.44. The topological polar surface area (TPSA) is 38.3 Å². The van der Waals surface area contributed by atoms with Crippen LogP contribution >= 0.6 is 11.6 Å². The number of alkyl halides is 3. The fourth-order valence-electron chi connectivity index (χ4n) is 2.19. The van der Waals surface area contributed by atoms with Crippen LogP contribution in [0.5, 0.6) is 5.75 Å². The van der Waals surface area contributed by atoms with Crippen molar-refractivity contribution in [1.29, 1.82) is 0 Å². The average molecular weight is 372 g/mol. The number of halogens is 4. The van der Waals surface area contributed by atoms with Gasteiger partial charge in [0.2, 0.25) is 5.91 Å². The van der Waals surface area contributed by atoms with Crippen LogP contribution in [0.3, 0.4) is 0 Å². The van der Waals surface area contributed by atoms with Gasteiger partial charge in [-0.2, -0.15) is 13.2 Å². The van der Waals surface area contributed by atoms with Crippen molar-refractivity contribution in [2.45, 2.75) is 25.9 Å². The normalized spacial score (nSPS) is 11.2. The maximum absolute atomic E-state index is 12.7. The predicted octanol–water partition coefficient (Wildman–Crippen LogP) is 5.33. The molecule has 1 N–H and O–H groups in total. The minimum Gasteiger partial charge on any atom is -0.494 e. The minimum atomic E-state index is -4.49. The highest BCUT2D eigenvalue weighted by Crippen LogP contribution is 2.33. The van der Waals surface area contributed by atoms with Crippen molar-refractivity contribution in [1.82, 2.24) is 0 Å². The summed E-state index contributed by atoms with van der Waals surface area (Å²) in [5.74, 6) is 0.335. The lowest BCUT2D eigenvalue weighted by atomic mass is 10.1. The molecule has 7 heteroatoms. The van der Waals surface area contributed by atoms with E-state index in [1.54, 1.807) is 12.1 Å².